The number of carbonyl (C=O) groups excluding carboxylic acids is 2. The molecule has 2 aromatic carbocycles. The van der Waals surface area contributed by atoms with Crippen molar-refractivity contribution in [2.45, 2.75) is 44.2 Å². The van der Waals surface area contributed by atoms with E-state index in [4.69, 9.17) is 4.74 Å². The highest BCUT2D eigenvalue weighted by molar-refractivity contribution is 6.07. The molecule has 5 rings (SSSR count). The van der Waals surface area contributed by atoms with Crippen LogP contribution in [0.1, 0.15) is 59.8 Å². The van der Waals surface area contributed by atoms with Gasteiger partial charge in [-0.05, 0) is 36.6 Å². The molecule has 1 N–H and O–H groups in total. The number of fused-ring (bicyclic) bond motifs is 3. The summed E-state index contributed by atoms with van der Waals surface area (Å²) < 4.78 is 7.28. The molecule has 2 amide bonds. The van der Waals surface area contributed by atoms with E-state index in [0.29, 0.717) is 5.69 Å². The summed E-state index contributed by atoms with van der Waals surface area (Å²) in [6, 6.07) is 15.8. The van der Waals surface area contributed by atoms with E-state index in [1.807, 2.05) is 54.1 Å². The van der Waals surface area contributed by atoms with Crippen LogP contribution in [0.5, 0.6) is 5.75 Å². The second-order valence-electron chi connectivity index (χ2n) is 8.85. The number of aromatic nitrogens is 1. The molecule has 1 saturated carbocycles. The van der Waals surface area contributed by atoms with Crippen molar-refractivity contribution < 1.29 is 14.3 Å². The van der Waals surface area contributed by atoms with Gasteiger partial charge in [-0.1, -0.05) is 49.6 Å². The standard InChI is InChI=1S/C26H29N3O3/c1-28-21-11-7-6-10-20(21)23-24(17-12-14-19(32-2)15-13-17)29(26(31)25(23)28)16-22(30)27-18-8-4-3-5-9-18/h6-7,10-15,18,24H,3-5,8-9,16H2,1-2H3,(H,27,30)/t24-/m1/s1. The molecule has 1 aromatic heterocycles. The number of hydrogen-bond donors (Lipinski definition) is 1. The van der Waals surface area contributed by atoms with Gasteiger partial charge < -0.3 is 19.5 Å². The van der Waals surface area contributed by atoms with E-state index in [-0.39, 0.29) is 30.4 Å². The number of nitrogens with zero attached hydrogens (tertiary/aromatic N) is 2. The van der Waals surface area contributed by atoms with Crippen LogP contribution in [0.25, 0.3) is 10.9 Å². The molecule has 1 aliphatic heterocycles. The minimum absolute atomic E-state index is 0.0506. The van der Waals surface area contributed by atoms with Gasteiger partial charge in [0.1, 0.15) is 18.0 Å². The highest BCUT2D eigenvalue weighted by atomic mass is 16.5. The zero-order chi connectivity index (χ0) is 22.2. The van der Waals surface area contributed by atoms with E-state index >= 15 is 0 Å². The molecule has 166 valence electrons. The summed E-state index contributed by atoms with van der Waals surface area (Å²) in [5.74, 6) is 0.581. The molecule has 1 atom stereocenters. The van der Waals surface area contributed by atoms with Crippen molar-refractivity contribution in [1.82, 2.24) is 14.8 Å². The first-order chi connectivity index (χ1) is 15.6. The average Bonchev–Trinajstić information content (AvgIpc) is 3.27. The summed E-state index contributed by atoms with van der Waals surface area (Å²) in [6.45, 7) is 0.0506. The highest BCUT2D eigenvalue weighted by Gasteiger charge is 2.42. The van der Waals surface area contributed by atoms with Gasteiger partial charge in [-0.25, -0.2) is 0 Å². The molecule has 1 aliphatic carbocycles. The molecule has 3 aromatic rings. The largest absolute Gasteiger partial charge is 0.497 e. The van der Waals surface area contributed by atoms with Gasteiger partial charge in [-0.15, -0.1) is 0 Å². The number of para-hydroxylation sites is 1. The van der Waals surface area contributed by atoms with Gasteiger partial charge in [0.25, 0.3) is 5.91 Å². The Morgan fingerprint density at radius 3 is 2.50 bits per heavy atom. The lowest BCUT2D eigenvalue weighted by atomic mass is 9.95. The number of hydrogen-bond acceptors (Lipinski definition) is 3. The summed E-state index contributed by atoms with van der Waals surface area (Å²) in [6.07, 6.45) is 5.58. The van der Waals surface area contributed by atoms with E-state index in [9.17, 15) is 9.59 Å². The number of ether oxygens (including phenoxy) is 1. The summed E-state index contributed by atoms with van der Waals surface area (Å²) in [4.78, 5) is 28.3. The van der Waals surface area contributed by atoms with Gasteiger partial charge in [0.15, 0.2) is 0 Å². The third-order valence-electron chi connectivity index (χ3n) is 6.91. The van der Waals surface area contributed by atoms with Crippen LogP contribution in [0, 0.1) is 0 Å². The number of nitrogens with one attached hydrogen (secondary N) is 1. The monoisotopic (exact) mass is 431 g/mol. The van der Waals surface area contributed by atoms with E-state index in [0.717, 1.165) is 53.5 Å². The summed E-state index contributed by atoms with van der Waals surface area (Å²) >= 11 is 0. The maximum absolute atomic E-state index is 13.6. The van der Waals surface area contributed by atoms with Gasteiger partial charge in [0, 0.05) is 29.6 Å². The Labute approximate surface area is 188 Å². The van der Waals surface area contributed by atoms with Crippen LogP contribution >= 0.6 is 0 Å². The zero-order valence-corrected chi connectivity index (χ0v) is 18.6. The van der Waals surface area contributed by atoms with Gasteiger partial charge >= 0.3 is 0 Å². The number of amides is 2. The fraction of sp³-hybridized carbons (Fsp3) is 0.385. The third kappa shape index (κ3) is 3.44. The quantitative estimate of drug-likeness (QED) is 0.659. The SMILES string of the molecule is COc1ccc([C@@H]2c3c(n(C)c4ccccc34)C(=O)N2CC(=O)NC2CCCCC2)cc1. The normalized spacial score (nSPS) is 18.8. The molecular formula is C26H29N3O3. The number of carbonyl (C=O) groups is 2. The molecule has 0 unspecified atom stereocenters. The van der Waals surface area contributed by atoms with Crippen molar-refractivity contribution >= 4 is 22.7 Å². The van der Waals surface area contributed by atoms with Crippen molar-refractivity contribution in [1.29, 1.82) is 0 Å². The molecule has 6 heteroatoms. The van der Waals surface area contributed by atoms with Crippen LogP contribution < -0.4 is 10.1 Å². The Morgan fingerprint density at radius 2 is 1.78 bits per heavy atom. The first-order valence-electron chi connectivity index (χ1n) is 11.4. The van der Waals surface area contributed by atoms with Crippen molar-refractivity contribution in [3.05, 3.63) is 65.4 Å². The molecule has 0 saturated heterocycles. The first kappa shape index (κ1) is 20.6. The molecule has 2 heterocycles. The Bertz CT molecular complexity index is 1160. The van der Waals surface area contributed by atoms with Gasteiger partial charge in [0.05, 0.1) is 13.2 Å². The number of rotatable bonds is 5. The second-order valence-corrected chi connectivity index (χ2v) is 8.85. The predicted molar refractivity (Wildman–Crippen MR) is 124 cm³/mol. The number of benzene rings is 2. The minimum Gasteiger partial charge on any atom is -0.497 e. The fourth-order valence-corrected chi connectivity index (χ4v) is 5.34. The second kappa shape index (κ2) is 8.34. The molecule has 2 aliphatic rings. The third-order valence-corrected chi connectivity index (χ3v) is 6.91. The van der Waals surface area contributed by atoms with Crippen LogP contribution in [0.2, 0.25) is 0 Å². The number of aryl methyl sites for hydroxylation is 1. The molecule has 0 bridgehead atoms. The van der Waals surface area contributed by atoms with Crippen LogP contribution in [0.3, 0.4) is 0 Å². The van der Waals surface area contributed by atoms with E-state index < -0.39 is 0 Å². The van der Waals surface area contributed by atoms with Crippen molar-refractivity contribution in [3.8, 4) is 5.75 Å². The van der Waals surface area contributed by atoms with E-state index in [2.05, 4.69) is 11.4 Å². The van der Waals surface area contributed by atoms with Crippen LogP contribution in [0.4, 0.5) is 0 Å². The van der Waals surface area contributed by atoms with Crippen molar-refractivity contribution in [3.63, 3.8) is 0 Å². The highest BCUT2D eigenvalue weighted by Crippen LogP contribution is 2.44. The van der Waals surface area contributed by atoms with E-state index in [1.165, 1.54) is 6.42 Å². The Hall–Kier alpha value is -3.28. The maximum atomic E-state index is 13.6. The smallest absolute Gasteiger partial charge is 0.272 e. The number of methoxy groups -OCH3 is 1. The molecule has 32 heavy (non-hydrogen) atoms. The minimum atomic E-state index is -0.313. The van der Waals surface area contributed by atoms with Gasteiger partial charge in [0.2, 0.25) is 5.91 Å². The topological polar surface area (TPSA) is 63.6 Å². The van der Waals surface area contributed by atoms with E-state index in [1.54, 1.807) is 12.0 Å². The lowest BCUT2D eigenvalue weighted by molar-refractivity contribution is -0.122. The Balaban J connectivity index is 1.53. The predicted octanol–water partition coefficient (Wildman–Crippen LogP) is 4.18. The first-order valence-corrected chi connectivity index (χ1v) is 11.4. The molecule has 6 nitrogen and oxygen atoms in total. The lowest BCUT2D eigenvalue weighted by Gasteiger charge is -2.28. The van der Waals surface area contributed by atoms with Crippen molar-refractivity contribution in [2.75, 3.05) is 13.7 Å². The molecule has 0 spiro atoms. The van der Waals surface area contributed by atoms with Crippen LogP contribution in [0.15, 0.2) is 48.5 Å². The Kier molecular flexibility index (Phi) is 5.37. The average molecular weight is 432 g/mol. The molecular weight excluding hydrogens is 402 g/mol. The summed E-state index contributed by atoms with van der Waals surface area (Å²) in [5.41, 5.74) is 3.64. The fourth-order valence-electron chi connectivity index (χ4n) is 5.34. The van der Waals surface area contributed by atoms with Gasteiger partial charge in [-0.2, -0.15) is 0 Å². The molecule has 1 fully saturated rings. The van der Waals surface area contributed by atoms with Gasteiger partial charge in [-0.3, -0.25) is 9.59 Å². The maximum Gasteiger partial charge on any atom is 0.272 e. The molecule has 0 radical (unpaired) electrons. The summed E-state index contributed by atoms with van der Waals surface area (Å²) in [7, 11) is 3.56. The van der Waals surface area contributed by atoms with Crippen molar-refractivity contribution in [2.24, 2.45) is 7.05 Å². The summed E-state index contributed by atoms with van der Waals surface area (Å²) in [5, 5.41) is 4.22. The lowest BCUT2D eigenvalue weighted by Crippen LogP contribution is -2.44. The zero-order valence-electron chi connectivity index (χ0n) is 18.6. The van der Waals surface area contributed by atoms with Crippen LogP contribution in [-0.4, -0.2) is 41.0 Å². The Morgan fingerprint density at radius 1 is 1.06 bits per heavy atom. The van der Waals surface area contributed by atoms with Crippen LogP contribution in [-0.2, 0) is 11.8 Å².